The Hall–Kier alpha value is -1.35. The van der Waals surface area contributed by atoms with E-state index in [1.807, 2.05) is 30.3 Å². The molecule has 24 heavy (non-hydrogen) atoms. The second-order valence-corrected chi connectivity index (χ2v) is 7.53. The number of halogens is 1. The van der Waals surface area contributed by atoms with E-state index in [2.05, 4.69) is 0 Å². The third-order valence-electron chi connectivity index (χ3n) is 3.60. The van der Waals surface area contributed by atoms with Crippen LogP contribution in [0.4, 0.5) is 4.79 Å². The minimum Gasteiger partial charge on any atom is -0.444 e. The first-order valence-electron chi connectivity index (χ1n) is 7.64. The minimum absolute atomic E-state index is 0.537. The highest BCUT2D eigenvalue weighted by Crippen LogP contribution is 2.43. The zero-order valence-corrected chi connectivity index (χ0v) is 16.6. The molecule has 0 aromatic heterocycles. The average molecular weight is 447 g/mol. The van der Waals surface area contributed by atoms with Crippen molar-refractivity contribution in [3.63, 3.8) is 0 Å². The van der Waals surface area contributed by atoms with Gasteiger partial charge in [0.05, 0.1) is 0 Å². The molecule has 0 N–H and O–H groups in total. The van der Waals surface area contributed by atoms with Crippen LogP contribution in [0.5, 0.6) is 0 Å². The fourth-order valence-electron chi connectivity index (χ4n) is 2.74. The van der Waals surface area contributed by atoms with Crippen molar-refractivity contribution in [1.82, 2.24) is 4.90 Å². The molecule has 1 saturated heterocycles. The summed E-state index contributed by atoms with van der Waals surface area (Å²) >= 11 is 1.53. The molecule has 6 nitrogen and oxygen atoms in total. The number of amides is 1. The van der Waals surface area contributed by atoms with Crippen molar-refractivity contribution in [2.45, 2.75) is 58.1 Å². The molecule has 0 spiro atoms. The molecule has 0 bridgehead atoms. The van der Waals surface area contributed by atoms with Crippen molar-refractivity contribution in [3.8, 4) is 0 Å². The van der Waals surface area contributed by atoms with Gasteiger partial charge in [0.1, 0.15) is 17.4 Å². The van der Waals surface area contributed by atoms with Crippen molar-refractivity contribution in [2.24, 2.45) is 0 Å². The topological polar surface area (TPSA) is 65.1 Å². The van der Waals surface area contributed by atoms with Crippen molar-refractivity contribution in [2.75, 3.05) is 0 Å². The number of carbonyl (C=O) groups is 2. The number of rotatable bonds is 2. The van der Waals surface area contributed by atoms with Crippen LogP contribution in [0.25, 0.3) is 0 Å². The minimum atomic E-state index is -1.02. The molecule has 1 aliphatic rings. The maximum atomic E-state index is 12.8. The summed E-state index contributed by atoms with van der Waals surface area (Å²) in [6, 6.07) is 8.63. The van der Waals surface area contributed by atoms with Gasteiger partial charge in [-0.15, -0.1) is 0 Å². The fraction of sp³-hybridized carbons (Fsp3) is 0.529. The van der Waals surface area contributed by atoms with Gasteiger partial charge in [-0.25, -0.2) is 9.59 Å². The van der Waals surface area contributed by atoms with Gasteiger partial charge in [0.2, 0.25) is 0 Å². The third-order valence-corrected chi connectivity index (χ3v) is 4.03. The van der Waals surface area contributed by atoms with Crippen molar-refractivity contribution < 1.29 is 22.1 Å². The van der Waals surface area contributed by atoms with Gasteiger partial charge in [0, 0.05) is 0 Å². The summed E-state index contributed by atoms with van der Waals surface area (Å²) < 4.78 is 16.2. The van der Waals surface area contributed by atoms with Crippen molar-refractivity contribution in [3.05, 3.63) is 35.9 Å². The molecule has 1 fully saturated rings. The van der Waals surface area contributed by atoms with Crippen LogP contribution in [0.1, 0.15) is 46.2 Å². The normalized spacial score (nSPS) is 23.0. The Morgan fingerprint density at radius 3 is 2.29 bits per heavy atom. The molecule has 2 rings (SSSR count). The largest absolute Gasteiger partial charge is 0.444 e. The molecule has 1 amide bonds. The number of carbonyl (C=O) groups excluding carboxylic acids is 2. The number of benzene rings is 1. The van der Waals surface area contributed by atoms with E-state index in [4.69, 9.17) is 12.5 Å². The predicted molar refractivity (Wildman–Crippen MR) is 96.3 cm³/mol. The van der Waals surface area contributed by atoms with Crippen molar-refractivity contribution >= 4 is 35.1 Å². The van der Waals surface area contributed by atoms with Gasteiger partial charge in [-0.3, -0.25) is 4.90 Å². The fourth-order valence-corrected chi connectivity index (χ4v) is 2.99. The SMILES string of the molecule is CC(C)(C)OC(=O)N1[C@@H](c2ccccc2)[C@@H](C(=O)OI)OC1(C)C. The van der Waals surface area contributed by atoms with E-state index in [1.54, 1.807) is 34.6 Å². The lowest BCUT2D eigenvalue weighted by Gasteiger charge is -2.35. The van der Waals surface area contributed by atoms with Gasteiger partial charge >= 0.3 is 12.1 Å². The smallest absolute Gasteiger partial charge is 0.413 e. The van der Waals surface area contributed by atoms with Gasteiger partial charge in [-0.2, -0.15) is 0 Å². The van der Waals surface area contributed by atoms with Gasteiger partial charge < -0.3 is 12.5 Å². The van der Waals surface area contributed by atoms with Crippen LogP contribution in [0.3, 0.4) is 0 Å². The molecular formula is C17H22INO5. The summed E-state index contributed by atoms with van der Waals surface area (Å²) in [5, 5.41) is 0. The highest BCUT2D eigenvalue weighted by atomic mass is 127. The summed E-state index contributed by atoms with van der Waals surface area (Å²) in [5.74, 6) is -0.538. The summed E-state index contributed by atoms with van der Waals surface area (Å²) in [7, 11) is 0. The molecular weight excluding hydrogens is 425 g/mol. The number of hydrogen-bond acceptors (Lipinski definition) is 5. The van der Waals surface area contributed by atoms with Gasteiger partial charge in [0.15, 0.2) is 29.1 Å². The second-order valence-electron chi connectivity index (χ2n) is 7.09. The van der Waals surface area contributed by atoms with E-state index < -0.39 is 35.5 Å². The van der Waals surface area contributed by atoms with Crippen LogP contribution in [0.2, 0.25) is 0 Å². The Morgan fingerprint density at radius 1 is 1.21 bits per heavy atom. The molecule has 2 atom stereocenters. The first-order chi connectivity index (χ1) is 11.1. The molecule has 132 valence electrons. The third kappa shape index (κ3) is 4.00. The molecule has 1 aromatic rings. The van der Waals surface area contributed by atoms with E-state index in [0.717, 1.165) is 5.56 Å². The first kappa shape index (κ1) is 19.0. The zero-order valence-electron chi connectivity index (χ0n) is 14.4. The molecule has 1 heterocycles. The monoisotopic (exact) mass is 447 g/mol. The van der Waals surface area contributed by atoms with Gasteiger partial charge in [-0.1, -0.05) is 30.3 Å². The molecule has 0 aliphatic carbocycles. The van der Waals surface area contributed by atoms with Crippen LogP contribution in [-0.4, -0.2) is 34.4 Å². The van der Waals surface area contributed by atoms with Crippen LogP contribution in [0, 0.1) is 0 Å². The van der Waals surface area contributed by atoms with Crippen LogP contribution < -0.4 is 0 Å². The molecule has 0 unspecified atom stereocenters. The number of nitrogens with zero attached hydrogens (tertiary/aromatic N) is 1. The second kappa shape index (κ2) is 6.87. The quantitative estimate of drug-likeness (QED) is 0.642. The Labute approximate surface area is 156 Å². The van der Waals surface area contributed by atoms with E-state index in [0.29, 0.717) is 0 Å². The lowest BCUT2D eigenvalue weighted by atomic mass is 10.0. The van der Waals surface area contributed by atoms with Crippen LogP contribution in [-0.2, 0) is 17.3 Å². The Morgan fingerprint density at radius 2 is 1.79 bits per heavy atom. The van der Waals surface area contributed by atoms with E-state index >= 15 is 0 Å². The predicted octanol–water partition coefficient (Wildman–Crippen LogP) is 3.99. The lowest BCUT2D eigenvalue weighted by molar-refractivity contribution is -0.149. The summed E-state index contributed by atoms with van der Waals surface area (Å²) in [5.41, 5.74) is -0.894. The van der Waals surface area contributed by atoms with E-state index in [-0.39, 0.29) is 0 Å². The lowest BCUT2D eigenvalue weighted by Crippen LogP contribution is -2.47. The summed E-state index contributed by atoms with van der Waals surface area (Å²) in [4.78, 5) is 26.5. The Balaban J connectivity index is 2.47. The average Bonchev–Trinajstić information content (AvgIpc) is 2.77. The first-order valence-corrected chi connectivity index (χ1v) is 8.52. The number of ether oxygens (including phenoxy) is 2. The van der Waals surface area contributed by atoms with Crippen molar-refractivity contribution in [1.29, 1.82) is 0 Å². The van der Waals surface area contributed by atoms with E-state index in [1.165, 1.54) is 27.9 Å². The van der Waals surface area contributed by atoms with E-state index in [9.17, 15) is 9.59 Å². The molecule has 0 saturated carbocycles. The molecule has 1 aliphatic heterocycles. The van der Waals surface area contributed by atoms with Crippen LogP contribution >= 0.6 is 23.0 Å². The molecule has 7 heteroatoms. The molecule has 0 radical (unpaired) electrons. The maximum Gasteiger partial charge on any atom is 0.413 e. The van der Waals surface area contributed by atoms with Crippen LogP contribution in [0.15, 0.2) is 30.3 Å². The maximum absolute atomic E-state index is 12.8. The Kier molecular flexibility index (Phi) is 5.44. The molecule has 1 aromatic carbocycles. The Bertz CT molecular complexity index is 611. The van der Waals surface area contributed by atoms with Gasteiger partial charge in [-0.05, 0) is 40.2 Å². The van der Waals surface area contributed by atoms with Gasteiger partial charge in [0.25, 0.3) is 0 Å². The summed E-state index contributed by atoms with van der Waals surface area (Å²) in [6.07, 6.45) is -1.46. The standard InChI is InChI=1S/C17H22INO5/c1-16(2,3)23-15(21)19-12(11-9-7-6-8-10-11)13(14(20)24-18)22-17(19,4)5/h6-10,12-13H,1-5H3/t12-,13-/m0/s1. The highest BCUT2D eigenvalue weighted by molar-refractivity contribution is 14.1. The zero-order chi connectivity index (χ0) is 18.1. The summed E-state index contributed by atoms with van der Waals surface area (Å²) in [6.45, 7) is 8.84. The highest BCUT2D eigenvalue weighted by Gasteiger charge is 2.55. The number of hydrogen-bond donors (Lipinski definition) is 0.